The van der Waals surface area contributed by atoms with Gasteiger partial charge in [-0.05, 0) is 26.7 Å². The van der Waals surface area contributed by atoms with Crippen molar-refractivity contribution < 1.29 is 14.3 Å². The van der Waals surface area contributed by atoms with Crippen molar-refractivity contribution in [3.63, 3.8) is 0 Å². The fraction of sp³-hybridized carbons (Fsp3) is 0.867. The maximum absolute atomic E-state index is 12.5. The zero-order valence-corrected chi connectivity index (χ0v) is 14.2. The van der Waals surface area contributed by atoms with Crippen LogP contribution in [0.1, 0.15) is 46.0 Å². The highest BCUT2D eigenvalue weighted by atomic mass is 32.2. The quantitative estimate of drug-likeness (QED) is 0.725. The first kappa shape index (κ1) is 18.3. The van der Waals surface area contributed by atoms with Crippen LogP contribution in [0.25, 0.3) is 0 Å². The van der Waals surface area contributed by atoms with E-state index in [0.29, 0.717) is 17.5 Å². The first-order valence-electron chi connectivity index (χ1n) is 7.69. The van der Waals surface area contributed by atoms with Gasteiger partial charge < -0.3 is 15.4 Å². The lowest BCUT2D eigenvalue weighted by Crippen LogP contribution is -2.46. The summed E-state index contributed by atoms with van der Waals surface area (Å²) < 4.78 is 4.58. The van der Waals surface area contributed by atoms with E-state index in [0.717, 1.165) is 12.8 Å². The summed E-state index contributed by atoms with van der Waals surface area (Å²) in [6, 6.07) is -0.0633. The van der Waals surface area contributed by atoms with E-state index in [-0.39, 0.29) is 11.9 Å². The molecule has 0 bridgehead atoms. The predicted octanol–water partition coefficient (Wildman–Crippen LogP) is 1.79. The third kappa shape index (κ3) is 5.87. The Morgan fingerprint density at radius 3 is 2.43 bits per heavy atom. The molecule has 1 unspecified atom stereocenters. The Kier molecular flexibility index (Phi) is 8.11. The van der Waals surface area contributed by atoms with E-state index < -0.39 is 12.0 Å². The summed E-state index contributed by atoms with van der Waals surface area (Å²) in [5.41, 5.74) is 5.67. The van der Waals surface area contributed by atoms with Gasteiger partial charge in [-0.1, -0.05) is 19.3 Å². The number of nitrogens with two attached hydrogens (primary N) is 1. The molecule has 1 atom stereocenters. The average Bonchev–Trinajstić information content (AvgIpc) is 2.47. The molecule has 0 heterocycles. The number of amides is 1. The molecule has 1 rings (SSSR count). The Bertz CT molecular complexity index is 344. The SMILES string of the molecule is COC(=O)C(N)CSCC(=O)N(C(C)C)C1CCCCC1. The van der Waals surface area contributed by atoms with Crippen molar-refractivity contribution in [1.29, 1.82) is 0 Å². The van der Waals surface area contributed by atoms with Crippen molar-refractivity contribution in [2.75, 3.05) is 18.6 Å². The van der Waals surface area contributed by atoms with E-state index in [1.807, 2.05) is 4.90 Å². The first-order valence-corrected chi connectivity index (χ1v) is 8.85. The number of esters is 1. The number of hydrogen-bond acceptors (Lipinski definition) is 5. The molecule has 1 aliphatic rings. The molecule has 0 spiro atoms. The second-order valence-corrected chi connectivity index (χ2v) is 6.86. The number of rotatable bonds is 7. The molecule has 1 aliphatic carbocycles. The number of hydrogen-bond donors (Lipinski definition) is 1. The highest BCUT2D eigenvalue weighted by molar-refractivity contribution is 8.00. The monoisotopic (exact) mass is 316 g/mol. The molecule has 122 valence electrons. The van der Waals surface area contributed by atoms with Gasteiger partial charge in [0, 0.05) is 17.8 Å². The topological polar surface area (TPSA) is 72.6 Å². The lowest BCUT2D eigenvalue weighted by Gasteiger charge is -2.37. The molecular weight excluding hydrogens is 288 g/mol. The number of carbonyl (C=O) groups excluding carboxylic acids is 2. The molecule has 21 heavy (non-hydrogen) atoms. The fourth-order valence-electron chi connectivity index (χ4n) is 2.84. The van der Waals surface area contributed by atoms with E-state index in [2.05, 4.69) is 18.6 Å². The molecule has 0 aliphatic heterocycles. The van der Waals surface area contributed by atoms with Gasteiger partial charge >= 0.3 is 5.97 Å². The van der Waals surface area contributed by atoms with Crippen molar-refractivity contribution in [2.24, 2.45) is 5.73 Å². The second-order valence-electron chi connectivity index (χ2n) is 5.83. The van der Waals surface area contributed by atoms with Crippen molar-refractivity contribution in [2.45, 2.75) is 64.1 Å². The van der Waals surface area contributed by atoms with Gasteiger partial charge in [-0.3, -0.25) is 9.59 Å². The van der Waals surface area contributed by atoms with Crippen molar-refractivity contribution >= 4 is 23.6 Å². The van der Waals surface area contributed by atoms with E-state index in [1.165, 1.54) is 38.1 Å². The van der Waals surface area contributed by atoms with E-state index >= 15 is 0 Å². The van der Waals surface area contributed by atoms with Crippen LogP contribution < -0.4 is 5.73 Å². The van der Waals surface area contributed by atoms with E-state index in [9.17, 15) is 9.59 Å². The number of nitrogens with zero attached hydrogens (tertiary/aromatic N) is 1. The molecule has 0 aromatic carbocycles. The van der Waals surface area contributed by atoms with Crippen LogP contribution in [-0.2, 0) is 14.3 Å². The van der Waals surface area contributed by atoms with Gasteiger partial charge in [0.15, 0.2) is 0 Å². The molecule has 5 nitrogen and oxygen atoms in total. The molecule has 0 aromatic heterocycles. The maximum Gasteiger partial charge on any atom is 0.323 e. The van der Waals surface area contributed by atoms with E-state index in [4.69, 9.17) is 5.73 Å². The largest absolute Gasteiger partial charge is 0.468 e. The summed E-state index contributed by atoms with van der Waals surface area (Å²) >= 11 is 1.41. The van der Waals surface area contributed by atoms with Gasteiger partial charge in [0.25, 0.3) is 0 Å². The van der Waals surface area contributed by atoms with Gasteiger partial charge in [0.05, 0.1) is 12.9 Å². The van der Waals surface area contributed by atoms with Crippen LogP contribution in [-0.4, -0.2) is 53.5 Å². The lowest BCUT2D eigenvalue weighted by atomic mass is 9.93. The highest BCUT2D eigenvalue weighted by Gasteiger charge is 2.27. The summed E-state index contributed by atoms with van der Waals surface area (Å²) in [4.78, 5) is 25.7. The van der Waals surface area contributed by atoms with Crippen LogP contribution >= 0.6 is 11.8 Å². The third-order valence-electron chi connectivity index (χ3n) is 3.84. The van der Waals surface area contributed by atoms with Crippen LogP contribution in [0, 0.1) is 0 Å². The standard InChI is InChI=1S/C15H28N2O3S/c1-11(2)17(12-7-5-4-6-8-12)14(18)10-21-9-13(16)15(19)20-3/h11-13H,4-10,16H2,1-3H3. The number of methoxy groups -OCH3 is 1. The maximum atomic E-state index is 12.5. The van der Waals surface area contributed by atoms with Crippen LogP contribution in [0.15, 0.2) is 0 Å². The van der Waals surface area contributed by atoms with Crippen molar-refractivity contribution in [1.82, 2.24) is 4.90 Å². The Balaban J connectivity index is 2.44. The predicted molar refractivity (Wildman–Crippen MR) is 86.2 cm³/mol. The van der Waals surface area contributed by atoms with Gasteiger partial charge in [0.2, 0.25) is 5.91 Å². The van der Waals surface area contributed by atoms with Crippen LogP contribution in [0.2, 0.25) is 0 Å². The molecule has 0 radical (unpaired) electrons. The van der Waals surface area contributed by atoms with Crippen molar-refractivity contribution in [3.8, 4) is 0 Å². The summed E-state index contributed by atoms with van der Waals surface area (Å²) in [6.45, 7) is 4.13. The zero-order chi connectivity index (χ0) is 15.8. The number of ether oxygens (including phenoxy) is 1. The molecule has 0 saturated heterocycles. The molecule has 0 aromatic rings. The van der Waals surface area contributed by atoms with Crippen LogP contribution in [0.4, 0.5) is 0 Å². The Morgan fingerprint density at radius 1 is 1.29 bits per heavy atom. The average molecular weight is 316 g/mol. The molecule has 1 amide bonds. The summed E-state index contributed by atoms with van der Waals surface area (Å²) in [5.74, 6) is 0.510. The third-order valence-corrected chi connectivity index (χ3v) is 4.89. The second kappa shape index (κ2) is 9.30. The van der Waals surface area contributed by atoms with Crippen LogP contribution in [0.5, 0.6) is 0 Å². The zero-order valence-electron chi connectivity index (χ0n) is 13.3. The Morgan fingerprint density at radius 2 is 1.90 bits per heavy atom. The molecule has 1 saturated carbocycles. The first-order chi connectivity index (χ1) is 9.97. The summed E-state index contributed by atoms with van der Waals surface area (Å²) in [6.07, 6.45) is 5.91. The van der Waals surface area contributed by atoms with Gasteiger partial charge in [-0.25, -0.2) is 0 Å². The van der Waals surface area contributed by atoms with E-state index in [1.54, 1.807) is 0 Å². The van der Waals surface area contributed by atoms with Gasteiger partial charge in [-0.2, -0.15) is 0 Å². The smallest absolute Gasteiger partial charge is 0.323 e. The van der Waals surface area contributed by atoms with Gasteiger partial charge in [-0.15, -0.1) is 11.8 Å². The van der Waals surface area contributed by atoms with Gasteiger partial charge in [0.1, 0.15) is 6.04 Å². The normalized spacial score (nSPS) is 17.6. The van der Waals surface area contributed by atoms with Crippen LogP contribution in [0.3, 0.4) is 0 Å². The minimum Gasteiger partial charge on any atom is -0.468 e. The minimum atomic E-state index is -0.657. The lowest BCUT2D eigenvalue weighted by molar-refractivity contribution is -0.141. The number of thioether (sulfide) groups is 1. The molecule has 2 N–H and O–H groups in total. The summed E-state index contributed by atoms with van der Waals surface area (Å²) in [7, 11) is 1.32. The Labute approximate surface area is 132 Å². The highest BCUT2D eigenvalue weighted by Crippen LogP contribution is 2.25. The fourth-order valence-corrected chi connectivity index (χ4v) is 3.67. The van der Waals surface area contributed by atoms with Crippen molar-refractivity contribution in [3.05, 3.63) is 0 Å². The molecular formula is C15H28N2O3S. The minimum absolute atomic E-state index is 0.152. The Hall–Kier alpha value is -0.750. The molecule has 6 heteroatoms. The molecule has 1 fully saturated rings. The number of carbonyl (C=O) groups is 2. The summed E-state index contributed by atoms with van der Waals surface area (Å²) in [5, 5.41) is 0.